The van der Waals surface area contributed by atoms with Crippen LogP contribution >= 0.6 is 0 Å². The van der Waals surface area contributed by atoms with E-state index < -0.39 is 0 Å². The molecule has 0 saturated carbocycles. The van der Waals surface area contributed by atoms with Crippen molar-refractivity contribution in [1.82, 2.24) is 5.32 Å². The van der Waals surface area contributed by atoms with E-state index in [0.717, 1.165) is 6.54 Å². The molecule has 1 N–H and O–H groups in total. The summed E-state index contributed by atoms with van der Waals surface area (Å²) < 4.78 is 0. The van der Waals surface area contributed by atoms with E-state index in [-0.39, 0.29) is 5.54 Å². The number of benzene rings is 1. The van der Waals surface area contributed by atoms with Crippen LogP contribution in [0.3, 0.4) is 0 Å². The van der Waals surface area contributed by atoms with Gasteiger partial charge in [0.1, 0.15) is 0 Å². The van der Waals surface area contributed by atoms with Crippen LogP contribution in [0.15, 0.2) is 24.3 Å². The zero-order valence-corrected chi connectivity index (χ0v) is 14.5. The van der Waals surface area contributed by atoms with Crippen LogP contribution in [0, 0.1) is 0 Å². The lowest BCUT2D eigenvalue weighted by atomic mass is 9.67. The van der Waals surface area contributed by atoms with Crippen molar-refractivity contribution < 1.29 is 0 Å². The summed E-state index contributed by atoms with van der Waals surface area (Å²) in [5, 5.41) is 3.80. The van der Waals surface area contributed by atoms with E-state index >= 15 is 0 Å². The molecule has 0 amide bonds. The second-order valence-corrected chi connectivity index (χ2v) is 7.85. The minimum atomic E-state index is 0.199. The van der Waals surface area contributed by atoms with Crippen molar-refractivity contribution in [2.24, 2.45) is 0 Å². The normalized spacial score (nSPS) is 22.1. The molecule has 1 aliphatic carbocycles. The maximum absolute atomic E-state index is 3.80. The molecule has 0 spiro atoms. The lowest BCUT2D eigenvalue weighted by Crippen LogP contribution is -2.47. The van der Waals surface area contributed by atoms with Crippen LogP contribution < -0.4 is 5.32 Å². The van der Waals surface area contributed by atoms with E-state index in [1.807, 2.05) is 0 Å². The van der Waals surface area contributed by atoms with Gasteiger partial charge in [-0.25, -0.2) is 0 Å². The Bertz CT molecular complexity index is 443. The second kappa shape index (κ2) is 6.96. The molecule has 1 nitrogen and oxygen atoms in total. The average molecular weight is 287 g/mol. The maximum atomic E-state index is 3.80. The molecule has 1 aliphatic rings. The van der Waals surface area contributed by atoms with E-state index in [2.05, 4.69) is 57.3 Å². The number of hydrogen-bond acceptors (Lipinski definition) is 1. The average Bonchev–Trinajstić information content (AvgIpc) is 2.45. The number of nitrogens with one attached hydrogen (secondary N) is 1. The highest BCUT2D eigenvalue weighted by atomic mass is 15.0. The number of aryl methyl sites for hydroxylation is 1. The van der Waals surface area contributed by atoms with Crippen molar-refractivity contribution in [2.75, 3.05) is 6.54 Å². The molecule has 0 saturated heterocycles. The van der Waals surface area contributed by atoms with E-state index in [4.69, 9.17) is 0 Å². The molecule has 0 bridgehead atoms. The van der Waals surface area contributed by atoms with Crippen LogP contribution in [0.1, 0.15) is 77.3 Å². The second-order valence-electron chi connectivity index (χ2n) is 7.85. The van der Waals surface area contributed by atoms with Crippen molar-refractivity contribution in [3.63, 3.8) is 0 Å². The largest absolute Gasteiger partial charge is 0.311 e. The summed E-state index contributed by atoms with van der Waals surface area (Å²) in [6.07, 6.45) is 9.31. The molecule has 2 rings (SSSR count). The summed E-state index contributed by atoms with van der Waals surface area (Å²) in [7, 11) is 0. The molecule has 0 radical (unpaired) electrons. The smallest absolute Gasteiger partial charge is 0.00968 e. The van der Waals surface area contributed by atoms with E-state index in [9.17, 15) is 0 Å². The molecule has 0 aliphatic heterocycles. The molecule has 0 fully saturated rings. The number of unbranched alkanes of at least 4 members (excludes halogenated alkanes) is 2. The minimum absolute atomic E-state index is 0.199. The molecule has 118 valence electrons. The predicted molar refractivity (Wildman–Crippen MR) is 93.0 cm³/mol. The van der Waals surface area contributed by atoms with Gasteiger partial charge in [0.15, 0.2) is 0 Å². The van der Waals surface area contributed by atoms with Gasteiger partial charge in [-0.2, -0.15) is 0 Å². The lowest BCUT2D eigenvalue weighted by Gasteiger charge is -2.41. The summed E-state index contributed by atoms with van der Waals surface area (Å²) in [6, 6.07) is 9.18. The van der Waals surface area contributed by atoms with Crippen molar-refractivity contribution in [3.8, 4) is 0 Å². The maximum Gasteiger partial charge on any atom is 0.00968 e. The zero-order valence-electron chi connectivity index (χ0n) is 14.5. The molecule has 1 unspecified atom stereocenters. The summed E-state index contributed by atoms with van der Waals surface area (Å²) in [5.41, 5.74) is 3.78. The van der Waals surface area contributed by atoms with Crippen molar-refractivity contribution in [3.05, 3.63) is 35.4 Å². The van der Waals surface area contributed by atoms with Crippen molar-refractivity contribution >= 4 is 0 Å². The Morgan fingerprint density at radius 2 is 1.90 bits per heavy atom. The van der Waals surface area contributed by atoms with Gasteiger partial charge in [-0.05, 0) is 57.6 Å². The zero-order chi connectivity index (χ0) is 15.3. The quantitative estimate of drug-likeness (QED) is 0.706. The molecule has 1 heteroatoms. The van der Waals surface area contributed by atoms with Gasteiger partial charge in [-0.3, -0.25) is 0 Å². The first-order chi connectivity index (χ1) is 9.97. The van der Waals surface area contributed by atoms with Crippen LogP contribution in [-0.4, -0.2) is 12.1 Å². The third-order valence-electron chi connectivity index (χ3n) is 4.91. The molecule has 0 aromatic heterocycles. The summed E-state index contributed by atoms with van der Waals surface area (Å²) in [4.78, 5) is 0. The van der Waals surface area contributed by atoms with Gasteiger partial charge in [0.05, 0.1) is 0 Å². The van der Waals surface area contributed by atoms with Crippen LogP contribution in [0.5, 0.6) is 0 Å². The Morgan fingerprint density at radius 1 is 1.14 bits per heavy atom. The number of hydrogen-bond donors (Lipinski definition) is 1. The fourth-order valence-electron chi connectivity index (χ4n) is 3.69. The molecule has 0 heterocycles. The third kappa shape index (κ3) is 4.32. The van der Waals surface area contributed by atoms with Gasteiger partial charge in [0.25, 0.3) is 0 Å². The monoisotopic (exact) mass is 287 g/mol. The Morgan fingerprint density at radius 3 is 2.62 bits per heavy atom. The first kappa shape index (κ1) is 16.5. The Balaban J connectivity index is 2.24. The summed E-state index contributed by atoms with van der Waals surface area (Å²) in [6.45, 7) is 10.3. The third-order valence-corrected chi connectivity index (χ3v) is 4.91. The SMILES string of the molecule is CCCCCC1(CNC(C)(C)C)CCCc2ccccc21. The molecular formula is C20H33N. The fourth-order valence-corrected chi connectivity index (χ4v) is 3.69. The molecule has 1 atom stereocenters. The highest BCUT2D eigenvalue weighted by Crippen LogP contribution is 2.41. The van der Waals surface area contributed by atoms with Crippen molar-refractivity contribution in [2.45, 2.75) is 83.6 Å². The van der Waals surface area contributed by atoms with Gasteiger partial charge >= 0.3 is 0 Å². The van der Waals surface area contributed by atoms with Crippen LogP contribution in [0.4, 0.5) is 0 Å². The van der Waals surface area contributed by atoms with Crippen LogP contribution in [0.2, 0.25) is 0 Å². The summed E-state index contributed by atoms with van der Waals surface area (Å²) >= 11 is 0. The van der Waals surface area contributed by atoms with Gasteiger partial charge in [-0.1, -0.05) is 50.5 Å². The van der Waals surface area contributed by atoms with Gasteiger partial charge in [0, 0.05) is 17.5 Å². The first-order valence-corrected chi connectivity index (χ1v) is 8.80. The van der Waals surface area contributed by atoms with Crippen LogP contribution in [-0.2, 0) is 11.8 Å². The highest BCUT2D eigenvalue weighted by Gasteiger charge is 2.36. The molecular weight excluding hydrogens is 254 g/mol. The highest BCUT2D eigenvalue weighted by molar-refractivity contribution is 5.37. The van der Waals surface area contributed by atoms with Gasteiger partial charge < -0.3 is 5.32 Å². The predicted octanol–water partition coefficient (Wildman–Crippen LogP) is 5.23. The van der Waals surface area contributed by atoms with Gasteiger partial charge in [0.2, 0.25) is 0 Å². The van der Waals surface area contributed by atoms with Crippen molar-refractivity contribution in [1.29, 1.82) is 0 Å². The Labute approximate surface area is 131 Å². The van der Waals surface area contributed by atoms with E-state index in [0.29, 0.717) is 5.41 Å². The fraction of sp³-hybridized carbons (Fsp3) is 0.700. The number of fused-ring (bicyclic) bond motifs is 1. The minimum Gasteiger partial charge on any atom is -0.311 e. The molecule has 1 aromatic rings. The molecule has 21 heavy (non-hydrogen) atoms. The first-order valence-electron chi connectivity index (χ1n) is 8.80. The molecule has 1 aromatic carbocycles. The van der Waals surface area contributed by atoms with Gasteiger partial charge in [-0.15, -0.1) is 0 Å². The standard InChI is InChI=1S/C20H33N/c1-5-6-9-14-20(16-21-19(2,3)4)15-10-12-17-11-7-8-13-18(17)20/h7-8,11,13,21H,5-6,9-10,12,14-16H2,1-4H3. The Kier molecular flexibility index (Phi) is 5.48. The Hall–Kier alpha value is -0.820. The van der Waals surface area contributed by atoms with Crippen LogP contribution in [0.25, 0.3) is 0 Å². The van der Waals surface area contributed by atoms with E-state index in [1.54, 1.807) is 11.1 Å². The van der Waals surface area contributed by atoms with E-state index in [1.165, 1.54) is 44.9 Å². The topological polar surface area (TPSA) is 12.0 Å². The number of rotatable bonds is 6. The summed E-state index contributed by atoms with van der Waals surface area (Å²) in [5.74, 6) is 0. The lowest BCUT2D eigenvalue weighted by molar-refractivity contribution is 0.273.